The quantitative estimate of drug-likeness (QED) is 0.710. The molecule has 1 rings (SSSR count). The van der Waals surface area contributed by atoms with E-state index in [0.717, 1.165) is 19.0 Å². The van der Waals surface area contributed by atoms with E-state index in [0.29, 0.717) is 12.5 Å². The number of likely N-dealkylation sites (N-methyl/N-ethyl adjacent to an activating group) is 1. The number of aliphatic carboxylic acids is 1. The first-order chi connectivity index (χ1) is 7.04. The number of nitrogens with zero attached hydrogens (tertiary/aromatic N) is 1. The monoisotopic (exact) mass is 214 g/mol. The predicted octanol–water partition coefficient (Wildman–Crippen LogP) is 0.779. The van der Waals surface area contributed by atoms with Crippen molar-refractivity contribution in [2.45, 2.75) is 38.8 Å². The van der Waals surface area contributed by atoms with E-state index < -0.39 is 12.0 Å². The molecule has 88 valence electrons. The third-order valence-electron chi connectivity index (χ3n) is 3.26. The lowest BCUT2D eigenvalue weighted by Crippen LogP contribution is -2.38. The van der Waals surface area contributed by atoms with Crippen LogP contribution in [-0.4, -0.2) is 48.2 Å². The number of nitrogens with one attached hydrogen (secondary N) is 1. The second kappa shape index (κ2) is 5.47. The largest absolute Gasteiger partial charge is 0.480 e. The maximum absolute atomic E-state index is 10.8. The summed E-state index contributed by atoms with van der Waals surface area (Å²) in [5, 5.41) is 11.7. The van der Waals surface area contributed by atoms with Crippen molar-refractivity contribution in [1.82, 2.24) is 10.2 Å². The summed E-state index contributed by atoms with van der Waals surface area (Å²) in [6.45, 7) is 6.46. The van der Waals surface area contributed by atoms with Crippen molar-refractivity contribution in [2.75, 3.05) is 20.1 Å². The minimum Gasteiger partial charge on any atom is -0.480 e. The van der Waals surface area contributed by atoms with E-state index in [1.165, 1.54) is 6.42 Å². The molecule has 1 saturated heterocycles. The molecule has 0 aromatic heterocycles. The highest BCUT2D eigenvalue weighted by atomic mass is 16.4. The molecule has 1 aliphatic heterocycles. The molecule has 1 heterocycles. The molecule has 0 bridgehead atoms. The lowest BCUT2D eigenvalue weighted by atomic mass is 10.1. The van der Waals surface area contributed by atoms with Gasteiger partial charge in [0.1, 0.15) is 6.04 Å². The third kappa shape index (κ3) is 3.47. The van der Waals surface area contributed by atoms with Gasteiger partial charge in [-0.15, -0.1) is 0 Å². The van der Waals surface area contributed by atoms with Crippen LogP contribution in [0.2, 0.25) is 0 Å². The third-order valence-corrected chi connectivity index (χ3v) is 3.26. The number of likely N-dealkylation sites (tertiary alicyclic amines) is 1. The van der Waals surface area contributed by atoms with Gasteiger partial charge in [-0.05, 0) is 32.7 Å². The van der Waals surface area contributed by atoms with Gasteiger partial charge in [0.15, 0.2) is 0 Å². The Bertz CT molecular complexity index is 221. The first kappa shape index (κ1) is 12.5. The van der Waals surface area contributed by atoms with Gasteiger partial charge >= 0.3 is 5.97 Å². The highest BCUT2D eigenvalue weighted by Gasteiger charge is 2.26. The van der Waals surface area contributed by atoms with E-state index >= 15 is 0 Å². The van der Waals surface area contributed by atoms with Crippen LogP contribution in [0.25, 0.3) is 0 Å². The van der Waals surface area contributed by atoms with Crippen LogP contribution < -0.4 is 5.32 Å². The average Bonchev–Trinajstić information content (AvgIpc) is 2.45. The van der Waals surface area contributed by atoms with Crippen LogP contribution in [0.1, 0.15) is 26.7 Å². The average molecular weight is 214 g/mol. The second-order valence-corrected chi connectivity index (χ2v) is 4.65. The minimum atomic E-state index is -0.752. The van der Waals surface area contributed by atoms with Crippen molar-refractivity contribution < 1.29 is 9.90 Å². The smallest absolute Gasteiger partial charge is 0.320 e. The van der Waals surface area contributed by atoms with Crippen LogP contribution >= 0.6 is 0 Å². The van der Waals surface area contributed by atoms with Crippen LogP contribution in [0.5, 0.6) is 0 Å². The number of hydrogen-bond acceptors (Lipinski definition) is 3. The molecule has 0 aliphatic carbocycles. The number of carboxylic acid groups (broad SMARTS) is 1. The van der Waals surface area contributed by atoms with Gasteiger partial charge in [-0.2, -0.15) is 0 Å². The minimum absolute atomic E-state index is 0.409. The summed E-state index contributed by atoms with van der Waals surface area (Å²) in [6, 6.07) is 0.194. The Morgan fingerprint density at radius 3 is 2.67 bits per heavy atom. The summed E-state index contributed by atoms with van der Waals surface area (Å²) >= 11 is 0. The van der Waals surface area contributed by atoms with Gasteiger partial charge < -0.3 is 15.3 Å². The van der Waals surface area contributed by atoms with Crippen LogP contribution in [0.15, 0.2) is 0 Å². The van der Waals surface area contributed by atoms with Gasteiger partial charge in [-0.1, -0.05) is 6.92 Å². The molecule has 0 amide bonds. The molecule has 0 radical (unpaired) electrons. The van der Waals surface area contributed by atoms with Gasteiger partial charge in [0.25, 0.3) is 0 Å². The van der Waals surface area contributed by atoms with Crippen LogP contribution in [0.4, 0.5) is 0 Å². The highest BCUT2D eigenvalue weighted by Crippen LogP contribution is 2.22. The lowest BCUT2D eigenvalue weighted by molar-refractivity contribution is -0.139. The molecule has 1 aliphatic rings. The topological polar surface area (TPSA) is 52.6 Å². The molecule has 15 heavy (non-hydrogen) atoms. The molecular weight excluding hydrogens is 192 g/mol. The van der Waals surface area contributed by atoms with Gasteiger partial charge in [0.2, 0.25) is 0 Å². The van der Waals surface area contributed by atoms with Crippen molar-refractivity contribution in [3.8, 4) is 0 Å². The van der Waals surface area contributed by atoms with E-state index in [-0.39, 0.29) is 0 Å². The van der Waals surface area contributed by atoms with E-state index in [2.05, 4.69) is 24.1 Å². The van der Waals surface area contributed by atoms with E-state index in [1.54, 1.807) is 7.05 Å². The molecule has 0 aromatic rings. The van der Waals surface area contributed by atoms with Crippen molar-refractivity contribution in [1.29, 1.82) is 0 Å². The van der Waals surface area contributed by atoms with Crippen molar-refractivity contribution in [3.63, 3.8) is 0 Å². The number of rotatable bonds is 5. The zero-order valence-corrected chi connectivity index (χ0v) is 9.86. The molecule has 1 fully saturated rings. The molecule has 4 nitrogen and oxygen atoms in total. The van der Waals surface area contributed by atoms with Gasteiger partial charge in [0, 0.05) is 19.1 Å². The van der Waals surface area contributed by atoms with Crippen LogP contribution in [0.3, 0.4) is 0 Å². The van der Waals surface area contributed by atoms with E-state index in [1.807, 2.05) is 0 Å². The Hall–Kier alpha value is -0.610. The molecule has 3 unspecified atom stereocenters. The highest BCUT2D eigenvalue weighted by molar-refractivity contribution is 5.73. The first-order valence-corrected chi connectivity index (χ1v) is 5.68. The number of hydrogen-bond donors (Lipinski definition) is 2. The fraction of sp³-hybridized carbons (Fsp3) is 0.909. The standard InChI is InChI=1S/C11H22N2O2/c1-8-6-9(2)13(7-8)5-4-10(12-3)11(14)15/h8-10,12H,4-7H2,1-3H3,(H,14,15). The molecule has 4 heteroatoms. The lowest BCUT2D eigenvalue weighted by Gasteiger charge is -2.22. The van der Waals surface area contributed by atoms with Crippen molar-refractivity contribution in [2.24, 2.45) is 5.92 Å². The normalized spacial score (nSPS) is 29.3. The maximum atomic E-state index is 10.8. The van der Waals surface area contributed by atoms with E-state index in [4.69, 9.17) is 5.11 Å². The summed E-state index contributed by atoms with van der Waals surface area (Å²) in [7, 11) is 1.70. The van der Waals surface area contributed by atoms with Crippen LogP contribution in [-0.2, 0) is 4.79 Å². The molecular formula is C11H22N2O2. The Morgan fingerprint density at radius 1 is 1.60 bits per heavy atom. The predicted molar refractivity (Wildman–Crippen MR) is 59.9 cm³/mol. The van der Waals surface area contributed by atoms with Crippen molar-refractivity contribution >= 4 is 5.97 Å². The molecule has 3 atom stereocenters. The Labute approximate surface area is 91.6 Å². The van der Waals surface area contributed by atoms with Gasteiger partial charge in [-0.25, -0.2) is 0 Å². The molecule has 0 aromatic carbocycles. The Kier molecular flexibility index (Phi) is 4.54. The summed E-state index contributed by atoms with van der Waals surface area (Å²) in [5.74, 6) is -0.00439. The summed E-state index contributed by atoms with van der Waals surface area (Å²) in [6.07, 6.45) is 1.92. The zero-order chi connectivity index (χ0) is 11.4. The molecule has 2 N–H and O–H groups in total. The fourth-order valence-electron chi connectivity index (χ4n) is 2.38. The molecule has 0 spiro atoms. The summed E-state index contributed by atoms with van der Waals surface area (Å²) in [4.78, 5) is 13.2. The number of carbonyl (C=O) groups is 1. The summed E-state index contributed by atoms with van der Waals surface area (Å²) < 4.78 is 0. The summed E-state index contributed by atoms with van der Waals surface area (Å²) in [5.41, 5.74) is 0. The SMILES string of the molecule is CNC(CCN1CC(C)CC1C)C(=O)O. The zero-order valence-electron chi connectivity index (χ0n) is 9.86. The van der Waals surface area contributed by atoms with Gasteiger partial charge in [-0.3, -0.25) is 4.79 Å². The van der Waals surface area contributed by atoms with E-state index in [9.17, 15) is 4.79 Å². The van der Waals surface area contributed by atoms with Crippen molar-refractivity contribution in [3.05, 3.63) is 0 Å². The maximum Gasteiger partial charge on any atom is 0.320 e. The fourth-order valence-corrected chi connectivity index (χ4v) is 2.38. The number of carboxylic acids is 1. The Balaban J connectivity index is 2.33. The van der Waals surface area contributed by atoms with Gasteiger partial charge in [0.05, 0.1) is 0 Å². The second-order valence-electron chi connectivity index (χ2n) is 4.65. The Morgan fingerprint density at radius 2 is 2.27 bits per heavy atom. The van der Waals surface area contributed by atoms with Crippen LogP contribution in [0, 0.1) is 5.92 Å². The first-order valence-electron chi connectivity index (χ1n) is 5.68. The molecule has 0 saturated carbocycles.